The molecule has 0 bridgehead atoms. The molecule has 0 aliphatic carbocycles. The summed E-state index contributed by atoms with van der Waals surface area (Å²) in [5.41, 5.74) is 4.23. The van der Waals surface area contributed by atoms with E-state index in [-0.39, 0.29) is 5.91 Å². The minimum absolute atomic E-state index is 0.0252. The first-order valence-corrected chi connectivity index (χ1v) is 8.24. The third-order valence-corrected chi connectivity index (χ3v) is 4.73. The van der Waals surface area contributed by atoms with Crippen LogP contribution in [0.2, 0.25) is 0 Å². The Kier molecular flexibility index (Phi) is 4.48. The van der Waals surface area contributed by atoms with Gasteiger partial charge in [-0.1, -0.05) is 6.42 Å². The third kappa shape index (κ3) is 3.17. The summed E-state index contributed by atoms with van der Waals surface area (Å²) in [5.74, 6) is 0.0252. The van der Waals surface area contributed by atoms with Gasteiger partial charge in [-0.2, -0.15) is 0 Å². The lowest BCUT2D eigenvalue weighted by Crippen LogP contribution is -2.37. The van der Waals surface area contributed by atoms with E-state index < -0.39 is 0 Å². The van der Waals surface area contributed by atoms with Crippen molar-refractivity contribution in [1.82, 2.24) is 15.2 Å². The molecular formula is C18H25N3O. The van der Waals surface area contributed by atoms with Crippen molar-refractivity contribution in [1.29, 1.82) is 0 Å². The van der Waals surface area contributed by atoms with E-state index in [1.807, 2.05) is 18.2 Å². The Balaban J connectivity index is 1.60. The molecule has 0 radical (unpaired) electrons. The van der Waals surface area contributed by atoms with E-state index in [2.05, 4.69) is 29.0 Å². The van der Waals surface area contributed by atoms with E-state index in [1.54, 1.807) is 0 Å². The Morgan fingerprint density at radius 3 is 2.77 bits per heavy atom. The molecule has 118 valence electrons. The number of piperidine rings is 1. The van der Waals surface area contributed by atoms with E-state index in [9.17, 15) is 4.79 Å². The highest BCUT2D eigenvalue weighted by Crippen LogP contribution is 2.22. The number of hydrogen-bond acceptors (Lipinski definition) is 2. The van der Waals surface area contributed by atoms with Crippen LogP contribution in [-0.2, 0) is 0 Å². The fraction of sp³-hybridized carbons (Fsp3) is 0.500. The summed E-state index contributed by atoms with van der Waals surface area (Å²) in [4.78, 5) is 18.1. The fourth-order valence-corrected chi connectivity index (χ4v) is 3.22. The van der Waals surface area contributed by atoms with Crippen molar-refractivity contribution in [3.8, 4) is 0 Å². The van der Waals surface area contributed by atoms with Crippen LogP contribution in [0.4, 0.5) is 0 Å². The first-order valence-electron chi connectivity index (χ1n) is 8.24. The highest BCUT2D eigenvalue weighted by atomic mass is 16.1. The number of nitrogens with zero attached hydrogens (tertiary/aromatic N) is 1. The highest BCUT2D eigenvalue weighted by molar-refractivity contribution is 5.99. The molecule has 0 saturated carbocycles. The molecule has 1 amide bonds. The number of H-pyrrole nitrogens is 1. The van der Waals surface area contributed by atoms with E-state index >= 15 is 0 Å². The number of amides is 1. The molecule has 1 aliphatic rings. The molecule has 2 heterocycles. The first kappa shape index (κ1) is 15.1. The van der Waals surface area contributed by atoms with Gasteiger partial charge in [0, 0.05) is 35.2 Å². The van der Waals surface area contributed by atoms with E-state index in [4.69, 9.17) is 0 Å². The molecule has 0 atom stereocenters. The molecule has 1 fully saturated rings. The highest BCUT2D eigenvalue weighted by Gasteiger charge is 2.12. The van der Waals surface area contributed by atoms with Gasteiger partial charge in [-0.15, -0.1) is 0 Å². The lowest BCUT2D eigenvalue weighted by atomic mass is 10.1. The fourth-order valence-electron chi connectivity index (χ4n) is 3.22. The van der Waals surface area contributed by atoms with Crippen molar-refractivity contribution < 1.29 is 4.79 Å². The predicted octanol–water partition coefficient (Wildman–Crippen LogP) is 3.00. The first-order chi connectivity index (χ1) is 10.6. The Bertz CT molecular complexity index is 668. The number of likely N-dealkylation sites (tertiary alicyclic amines) is 1. The van der Waals surface area contributed by atoms with Gasteiger partial charge in [-0.3, -0.25) is 4.79 Å². The summed E-state index contributed by atoms with van der Waals surface area (Å²) >= 11 is 0. The van der Waals surface area contributed by atoms with Crippen LogP contribution in [0, 0.1) is 13.8 Å². The molecule has 1 aromatic heterocycles. The second kappa shape index (κ2) is 6.53. The second-order valence-electron chi connectivity index (χ2n) is 6.29. The molecule has 1 aromatic carbocycles. The summed E-state index contributed by atoms with van der Waals surface area (Å²) in [7, 11) is 0. The SMILES string of the molecule is Cc1[nH]c2ccc(C(=O)NCCN3CCCCC3)cc2c1C. The van der Waals surface area contributed by atoms with Crippen molar-refractivity contribution in [2.75, 3.05) is 26.2 Å². The quantitative estimate of drug-likeness (QED) is 0.912. The number of rotatable bonds is 4. The Labute approximate surface area is 131 Å². The normalized spacial score (nSPS) is 16.1. The van der Waals surface area contributed by atoms with Crippen LogP contribution in [-0.4, -0.2) is 42.0 Å². The van der Waals surface area contributed by atoms with Gasteiger partial charge < -0.3 is 15.2 Å². The van der Waals surface area contributed by atoms with Crippen LogP contribution in [0.5, 0.6) is 0 Å². The molecule has 2 aromatic rings. The zero-order valence-electron chi connectivity index (χ0n) is 13.5. The monoisotopic (exact) mass is 299 g/mol. The molecule has 1 saturated heterocycles. The number of carbonyl (C=O) groups is 1. The van der Waals surface area contributed by atoms with Crippen molar-refractivity contribution in [2.45, 2.75) is 33.1 Å². The molecule has 0 spiro atoms. The molecule has 3 rings (SSSR count). The van der Waals surface area contributed by atoms with Crippen LogP contribution in [0.1, 0.15) is 40.9 Å². The number of aromatic nitrogens is 1. The molecule has 4 nitrogen and oxygen atoms in total. The Morgan fingerprint density at radius 1 is 1.23 bits per heavy atom. The van der Waals surface area contributed by atoms with E-state index in [0.29, 0.717) is 0 Å². The molecule has 0 unspecified atom stereocenters. The van der Waals surface area contributed by atoms with Gasteiger partial charge in [-0.25, -0.2) is 0 Å². The van der Waals surface area contributed by atoms with Gasteiger partial charge in [0.2, 0.25) is 0 Å². The zero-order chi connectivity index (χ0) is 15.5. The average Bonchev–Trinajstić information content (AvgIpc) is 2.83. The van der Waals surface area contributed by atoms with Crippen LogP contribution < -0.4 is 5.32 Å². The minimum atomic E-state index is 0.0252. The molecule has 22 heavy (non-hydrogen) atoms. The smallest absolute Gasteiger partial charge is 0.251 e. The van der Waals surface area contributed by atoms with Gasteiger partial charge >= 0.3 is 0 Å². The zero-order valence-corrected chi connectivity index (χ0v) is 13.5. The third-order valence-electron chi connectivity index (χ3n) is 4.73. The molecule has 4 heteroatoms. The van der Waals surface area contributed by atoms with Crippen LogP contribution in [0.15, 0.2) is 18.2 Å². The molecule has 1 aliphatic heterocycles. The lowest BCUT2D eigenvalue weighted by Gasteiger charge is -2.26. The van der Waals surface area contributed by atoms with Crippen molar-refractivity contribution in [2.24, 2.45) is 0 Å². The topological polar surface area (TPSA) is 48.1 Å². The number of aryl methyl sites for hydroxylation is 2. The van der Waals surface area contributed by atoms with Gasteiger partial charge in [0.1, 0.15) is 0 Å². The number of carbonyl (C=O) groups excluding carboxylic acids is 1. The van der Waals surface area contributed by atoms with Crippen LogP contribution in [0.3, 0.4) is 0 Å². The van der Waals surface area contributed by atoms with Crippen molar-refractivity contribution in [3.63, 3.8) is 0 Å². The Morgan fingerprint density at radius 2 is 2.00 bits per heavy atom. The molecular weight excluding hydrogens is 274 g/mol. The number of fused-ring (bicyclic) bond motifs is 1. The average molecular weight is 299 g/mol. The number of aromatic amines is 1. The summed E-state index contributed by atoms with van der Waals surface area (Å²) in [6, 6.07) is 5.88. The van der Waals surface area contributed by atoms with Gasteiger partial charge in [-0.05, 0) is 63.5 Å². The van der Waals surface area contributed by atoms with Crippen molar-refractivity contribution in [3.05, 3.63) is 35.0 Å². The number of nitrogens with one attached hydrogen (secondary N) is 2. The maximum absolute atomic E-state index is 12.3. The number of benzene rings is 1. The van der Waals surface area contributed by atoms with Crippen LogP contribution in [0.25, 0.3) is 10.9 Å². The summed E-state index contributed by atoms with van der Waals surface area (Å²) in [6.07, 6.45) is 3.92. The lowest BCUT2D eigenvalue weighted by molar-refractivity contribution is 0.0946. The maximum Gasteiger partial charge on any atom is 0.251 e. The van der Waals surface area contributed by atoms with Gasteiger partial charge in [0.15, 0.2) is 0 Å². The number of hydrogen-bond donors (Lipinski definition) is 2. The summed E-state index contributed by atoms with van der Waals surface area (Å²) in [6.45, 7) is 8.17. The van der Waals surface area contributed by atoms with Gasteiger partial charge in [0.25, 0.3) is 5.91 Å². The second-order valence-corrected chi connectivity index (χ2v) is 6.29. The predicted molar refractivity (Wildman–Crippen MR) is 90.4 cm³/mol. The maximum atomic E-state index is 12.3. The van der Waals surface area contributed by atoms with Gasteiger partial charge in [0.05, 0.1) is 0 Å². The van der Waals surface area contributed by atoms with Crippen LogP contribution >= 0.6 is 0 Å². The van der Waals surface area contributed by atoms with Crippen molar-refractivity contribution >= 4 is 16.8 Å². The van der Waals surface area contributed by atoms with E-state index in [0.717, 1.165) is 35.2 Å². The summed E-state index contributed by atoms with van der Waals surface area (Å²) in [5, 5.41) is 4.19. The minimum Gasteiger partial charge on any atom is -0.358 e. The summed E-state index contributed by atoms with van der Waals surface area (Å²) < 4.78 is 0. The van der Waals surface area contributed by atoms with E-state index in [1.165, 1.54) is 37.9 Å². The molecule has 2 N–H and O–H groups in total. The Hall–Kier alpha value is -1.81. The standard InChI is InChI=1S/C18H25N3O/c1-13-14(2)20-17-7-6-15(12-16(13)17)18(22)19-8-11-21-9-4-3-5-10-21/h6-7,12,20H,3-5,8-11H2,1-2H3,(H,19,22). The largest absolute Gasteiger partial charge is 0.358 e.